The summed E-state index contributed by atoms with van der Waals surface area (Å²) in [6, 6.07) is 9.02. The average molecular weight is 300 g/mol. The van der Waals surface area contributed by atoms with Crippen LogP contribution in [-0.4, -0.2) is 30.4 Å². The van der Waals surface area contributed by atoms with Gasteiger partial charge in [-0.15, -0.1) is 0 Å². The third kappa shape index (κ3) is 3.35. The largest absolute Gasteiger partial charge is 0.333 e. The van der Waals surface area contributed by atoms with Gasteiger partial charge in [0, 0.05) is 25.6 Å². The molecular weight excluding hydrogens is 272 g/mol. The molecule has 2 fully saturated rings. The van der Waals surface area contributed by atoms with Crippen molar-refractivity contribution in [3.05, 3.63) is 35.4 Å². The number of nitrogens with zero attached hydrogens (tertiary/aromatic N) is 1. The first-order chi connectivity index (χ1) is 10.8. The number of carbonyl (C=O) groups is 1. The third-order valence-corrected chi connectivity index (χ3v) is 5.25. The van der Waals surface area contributed by atoms with Gasteiger partial charge in [0.25, 0.3) is 0 Å². The normalized spacial score (nSPS) is 23.5. The number of amides is 1. The Morgan fingerprint density at radius 2 is 1.91 bits per heavy atom. The summed E-state index contributed by atoms with van der Waals surface area (Å²) in [6.45, 7) is 4.82. The Hall–Kier alpha value is -1.35. The van der Waals surface area contributed by atoms with E-state index in [0.717, 1.165) is 38.9 Å². The van der Waals surface area contributed by atoms with Crippen molar-refractivity contribution in [3.8, 4) is 0 Å². The molecule has 1 aliphatic carbocycles. The Morgan fingerprint density at radius 3 is 2.59 bits per heavy atom. The molecule has 1 saturated heterocycles. The lowest BCUT2D eigenvalue weighted by molar-refractivity contribution is -0.140. The van der Waals surface area contributed by atoms with E-state index in [1.807, 2.05) is 0 Å². The lowest BCUT2D eigenvalue weighted by Crippen LogP contribution is -2.50. The Kier molecular flexibility index (Phi) is 5.14. The molecule has 1 saturated carbocycles. The van der Waals surface area contributed by atoms with Gasteiger partial charge in [-0.05, 0) is 30.4 Å². The summed E-state index contributed by atoms with van der Waals surface area (Å²) in [6.07, 6.45) is 6.98. The molecule has 1 heterocycles. The molecule has 0 radical (unpaired) electrons. The topological polar surface area (TPSA) is 32.3 Å². The Bertz CT molecular complexity index is 491. The van der Waals surface area contributed by atoms with Crippen LogP contribution in [0.3, 0.4) is 0 Å². The summed E-state index contributed by atoms with van der Waals surface area (Å²) in [4.78, 5) is 15.1. The molecule has 1 atom stereocenters. The van der Waals surface area contributed by atoms with Crippen molar-refractivity contribution in [2.45, 2.75) is 51.5 Å². The first kappa shape index (κ1) is 15.5. The second kappa shape index (κ2) is 7.28. The molecule has 2 aliphatic rings. The third-order valence-electron chi connectivity index (χ3n) is 5.25. The van der Waals surface area contributed by atoms with E-state index in [9.17, 15) is 4.79 Å². The van der Waals surface area contributed by atoms with E-state index in [1.54, 1.807) is 0 Å². The van der Waals surface area contributed by atoms with Gasteiger partial charge in [-0.3, -0.25) is 4.79 Å². The highest BCUT2D eigenvalue weighted by Crippen LogP contribution is 2.30. The fourth-order valence-corrected chi connectivity index (χ4v) is 3.83. The highest BCUT2D eigenvalue weighted by Gasteiger charge is 2.32. The van der Waals surface area contributed by atoms with Gasteiger partial charge in [-0.25, -0.2) is 0 Å². The molecule has 1 unspecified atom stereocenters. The zero-order valence-electron chi connectivity index (χ0n) is 13.7. The summed E-state index contributed by atoms with van der Waals surface area (Å²) < 4.78 is 0. The van der Waals surface area contributed by atoms with Crippen molar-refractivity contribution in [1.82, 2.24) is 10.2 Å². The van der Waals surface area contributed by atoms with Crippen molar-refractivity contribution in [2.75, 3.05) is 19.6 Å². The number of nitrogens with one attached hydrogen (secondary N) is 1. The van der Waals surface area contributed by atoms with Gasteiger partial charge in [0.05, 0.1) is 6.04 Å². The molecule has 0 spiro atoms. The van der Waals surface area contributed by atoms with Crippen LogP contribution in [0.1, 0.15) is 56.2 Å². The van der Waals surface area contributed by atoms with Gasteiger partial charge < -0.3 is 10.2 Å². The van der Waals surface area contributed by atoms with Crippen molar-refractivity contribution in [2.24, 2.45) is 5.92 Å². The molecule has 1 aromatic carbocycles. The maximum atomic E-state index is 13.0. The number of hydrogen-bond acceptors (Lipinski definition) is 2. The predicted molar refractivity (Wildman–Crippen MR) is 89.7 cm³/mol. The molecule has 1 amide bonds. The van der Waals surface area contributed by atoms with E-state index in [2.05, 4.69) is 41.4 Å². The number of benzene rings is 1. The highest BCUT2D eigenvalue weighted by molar-refractivity contribution is 5.79. The minimum Gasteiger partial charge on any atom is -0.333 e. The maximum absolute atomic E-state index is 13.0. The lowest BCUT2D eigenvalue weighted by atomic mass is 9.87. The van der Waals surface area contributed by atoms with Gasteiger partial charge in [-0.2, -0.15) is 0 Å². The Balaban J connectivity index is 1.76. The van der Waals surface area contributed by atoms with Crippen LogP contribution < -0.4 is 5.32 Å². The SMILES string of the molecule is CCc1ccc(C2CNCCN2C(=O)C2CCCCC2)cc1. The number of aryl methyl sites for hydroxylation is 1. The summed E-state index contributed by atoms with van der Waals surface area (Å²) in [5.41, 5.74) is 2.63. The van der Waals surface area contributed by atoms with E-state index in [0.29, 0.717) is 5.91 Å². The zero-order chi connectivity index (χ0) is 15.4. The van der Waals surface area contributed by atoms with Crippen LogP contribution in [0.15, 0.2) is 24.3 Å². The summed E-state index contributed by atoms with van der Waals surface area (Å²) >= 11 is 0. The van der Waals surface area contributed by atoms with E-state index >= 15 is 0 Å². The van der Waals surface area contributed by atoms with Crippen LogP contribution in [0, 0.1) is 5.92 Å². The van der Waals surface area contributed by atoms with Crippen LogP contribution in [0.5, 0.6) is 0 Å². The van der Waals surface area contributed by atoms with Crippen molar-refractivity contribution in [1.29, 1.82) is 0 Å². The van der Waals surface area contributed by atoms with Gasteiger partial charge in [0.2, 0.25) is 5.91 Å². The first-order valence-electron chi connectivity index (χ1n) is 8.89. The molecule has 3 rings (SSSR count). The van der Waals surface area contributed by atoms with Gasteiger partial charge in [0.1, 0.15) is 0 Å². The fourth-order valence-electron chi connectivity index (χ4n) is 3.83. The Morgan fingerprint density at radius 1 is 1.18 bits per heavy atom. The fraction of sp³-hybridized carbons (Fsp3) is 0.632. The molecule has 0 bridgehead atoms. The van der Waals surface area contributed by atoms with Gasteiger partial charge in [-0.1, -0.05) is 50.5 Å². The van der Waals surface area contributed by atoms with Crippen LogP contribution in [0.4, 0.5) is 0 Å². The van der Waals surface area contributed by atoms with Crippen molar-refractivity contribution in [3.63, 3.8) is 0 Å². The highest BCUT2D eigenvalue weighted by atomic mass is 16.2. The number of piperazine rings is 1. The molecule has 120 valence electrons. The molecule has 0 aromatic heterocycles. The van der Waals surface area contributed by atoms with Gasteiger partial charge in [0.15, 0.2) is 0 Å². The van der Waals surface area contributed by atoms with Crippen molar-refractivity contribution >= 4 is 5.91 Å². The summed E-state index contributed by atoms with van der Waals surface area (Å²) in [5.74, 6) is 0.662. The minimum absolute atomic E-state index is 0.203. The molecule has 1 aliphatic heterocycles. The standard InChI is InChI=1S/C19H28N2O/c1-2-15-8-10-16(11-9-15)18-14-20-12-13-21(18)19(22)17-6-4-3-5-7-17/h8-11,17-18,20H,2-7,12-14H2,1H3. The number of hydrogen-bond donors (Lipinski definition) is 1. The van der Waals surface area contributed by atoms with Crippen LogP contribution in [0.2, 0.25) is 0 Å². The van der Waals surface area contributed by atoms with Crippen molar-refractivity contribution < 1.29 is 4.79 Å². The maximum Gasteiger partial charge on any atom is 0.226 e. The van der Waals surface area contributed by atoms with Gasteiger partial charge >= 0.3 is 0 Å². The average Bonchev–Trinajstić information content (AvgIpc) is 2.62. The second-order valence-electron chi connectivity index (χ2n) is 6.68. The summed E-state index contributed by atoms with van der Waals surface area (Å²) in [7, 11) is 0. The van der Waals surface area contributed by atoms with Crippen LogP contribution in [0.25, 0.3) is 0 Å². The molecule has 22 heavy (non-hydrogen) atoms. The van der Waals surface area contributed by atoms with E-state index in [-0.39, 0.29) is 12.0 Å². The summed E-state index contributed by atoms with van der Waals surface area (Å²) in [5, 5.41) is 3.46. The molecule has 3 nitrogen and oxygen atoms in total. The van der Waals surface area contributed by atoms with Crippen LogP contribution >= 0.6 is 0 Å². The van der Waals surface area contributed by atoms with E-state index < -0.39 is 0 Å². The van der Waals surface area contributed by atoms with E-state index in [1.165, 1.54) is 30.4 Å². The minimum atomic E-state index is 0.203. The molecule has 3 heteroatoms. The molecular formula is C19H28N2O. The van der Waals surface area contributed by atoms with Crippen LogP contribution in [-0.2, 0) is 11.2 Å². The molecule has 1 N–H and O–H groups in total. The Labute approximate surface area is 134 Å². The quantitative estimate of drug-likeness (QED) is 0.929. The molecule has 1 aromatic rings. The monoisotopic (exact) mass is 300 g/mol. The van der Waals surface area contributed by atoms with E-state index in [4.69, 9.17) is 0 Å². The zero-order valence-corrected chi connectivity index (χ0v) is 13.7. The second-order valence-corrected chi connectivity index (χ2v) is 6.68. The lowest BCUT2D eigenvalue weighted by Gasteiger charge is -2.39. The number of carbonyl (C=O) groups excluding carboxylic acids is 1. The predicted octanol–water partition coefficient (Wildman–Crippen LogP) is 3.30. The first-order valence-corrected chi connectivity index (χ1v) is 8.89. The smallest absolute Gasteiger partial charge is 0.226 e. The number of rotatable bonds is 3.